The Morgan fingerprint density at radius 1 is 1.29 bits per heavy atom. The van der Waals surface area contributed by atoms with Gasteiger partial charge in [0.25, 0.3) is 9.04 Å². The second-order valence-corrected chi connectivity index (χ2v) is 9.03. The maximum Gasteiger partial charge on any atom is 0.274 e. The Bertz CT molecular complexity index is 231. The first kappa shape index (κ1) is 17.5. The van der Waals surface area contributed by atoms with Crippen molar-refractivity contribution in [3.63, 3.8) is 0 Å². The van der Waals surface area contributed by atoms with Crippen molar-refractivity contribution in [3.05, 3.63) is 9.84 Å². The van der Waals surface area contributed by atoms with Crippen LogP contribution in [-0.4, -0.2) is 9.04 Å². The molecule has 0 saturated heterocycles. The highest BCUT2D eigenvalue weighted by atomic mass is 127. The second-order valence-electron chi connectivity index (χ2n) is 5.95. The van der Waals surface area contributed by atoms with Gasteiger partial charge < -0.3 is 4.43 Å². The van der Waals surface area contributed by atoms with E-state index in [9.17, 15) is 0 Å². The SMILES string of the molecule is CCCCCC(/C=C(/I)O[Si](C)C)C(C)(C)C. The van der Waals surface area contributed by atoms with Crippen molar-refractivity contribution in [1.82, 2.24) is 0 Å². The smallest absolute Gasteiger partial charge is 0.274 e. The normalized spacial score (nSPS) is 15.2. The fourth-order valence-corrected chi connectivity index (χ4v) is 3.98. The van der Waals surface area contributed by atoms with Gasteiger partial charge in [0.2, 0.25) is 0 Å². The Morgan fingerprint density at radius 3 is 2.29 bits per heavy atom. The van der Waals surface area contributed by atoms with Gasteiger partial charge in [-0.3, -0.25) is 0 Å². The summed E-state index contributed by atoms with van der Waals surface area (Å²) in [5.41, 5.74) is 0.335. The number of halogens is 1. The lowest BCUT2D eigenvalue weighted by molar-refractivity contribution is 0.267. The molecule has 0 saturated carbocycles. The summed E-state index contributed by atoms with van der Waals surface area (Å²) in [6.45, 7) is 13.6. The molecule has 1 atom stereocenters. The van der Waals surface area contributed by atoms with Crippen LogP contribution in [0.15, 0.2) is 9.84 Å². The van der Waals surface area contributed by atoms with Crippen molar-refractivity contribution in [2.45, 2.75) is 66.5 Å². The summed E-state index contributed by atoms with van der Waals surface area (Å²) in [5, 5.41) is 0. The van der Waals surface area contributed by atoms with E-state index >= 15 is 0 Å². The van der Waals surface area contributed by atoms with Crippen LogP contribution >= 0.6 is 22.6 Å². The van der Waals surface area contributed by atoms with E-state index in [1.165, 1.54) is 25.7 Å². The van der Waals surface area contributed by atoms with Crippen LogP contribution in [0.25, 0.3) is 0 Å². The maximum absolute atomic E-state index is 5.83. The summed E-state index contributed by atoms with van der Waals surface area (Å²) in [5.74, 6) is 0.627. The van der Waals surface area contributed by atoms with Crippen LogP contribution in [0.1, 0.15) is 53.4 Å². The molecular weight excluding hydrogens is 339 g/mol. The first-order chi connectivity index (χ1) is 7.77. The summed E-state index contributed by atoms with van der Waals surface area (Å²) < 4.78 is 6.93. The van der Waals surface area contributed by atoms with Crippen LogP contribution in [0.5, 0.6) is 0 Å². The van der Waals surface area contributed by atoms with Crippen molar-refractivity contribution in [1.29, 1.82) is 0 Å². The molecule has 0 aromatic heterocycles. The van der Waals surface area contributed by atoms with Gasteiger partial charge in [0.1, 0.15) is 3.77 Å². The molecule has 0 aromatic carbocycles. The number of hydrogen-bond donors (Lipinski definition) is 0. The molecule has 0 aliphatic rings. The molecule has 101 valence electrons. The van der Waals surface area contributed by atoms with Gasteiger partial charge in [-0.2, -0.15) is 0 Å². The van der Waals surface area contributed by atoms with Crippen molar-refractivity contribution in [2.24, 2.45) is 11.3 Å². The Labute approximate surface area is 123 Å². The molecule has 1 nitrogen and oxygen atoms in total. The lowest BCUT2D eigenvalue weighted by Crippen LogP contribution is -2.19. The summed E-state index contributed by atoms with van der Waals surface area (Å²) in [6.07, 6.45) is 7.59. The van der Waals surface area contributed by atoms with E-state index in [1.807, 2.05) is 0 Å². The van der Waals surface area contributed by atoms with Crippen molar-refractivity contribution in [3.8, 4) is 0 Å². The zero-order chi connectivity index (χ0) is 13.5. The highest BCUT2D eigenvalue weighted by Gasteiger charge is 2.22. The number of allylic oxidation sites excluding steroid dienone is 1. The highest BCUT2D eigenvalue weighted by molar-refractivity contribution is 14.1. The number of unbranched alkanes of at least 4 members (excludes halogenated alkanes) is 2. The van der Waals surface area contributed by atoms with Gasteiger partial charge in [0.05, 0.1) is 0 Å². The third kappa shape index (κ3) is 9.11. The Kier molecular flexibility index (Phi) is 8.81. The standard InChI is InChI=1S/C14H28IOSi/c1-7-8-9-10-12(14(2,3)4)11-13(15)16-17(5)6/h11-12H,7-10H2,1-6H3/b13-11-. The van der Waals surface area contributed by atoms with Crippen LogP contribution in [0.4, 0.5) is 0 Å². The predicted molar refractivity (Wildman–Crippen MR) is 87.8 cm³/mol. The summed E-state index contributed by atoms with van der Waals surface area (Å²) in [6, 6.07) is 0. The molecule has 1 unspecified atom stereocenters. The van der Waals surface area contributed by atoms with E-state index in [1.54, 1.807) is 0 Å². The maximum atomic E-state index is 5.83. The minimum absolute atomic E-state index is 0.335. The second kappa shape index (κ2) is 8.56. The molecule has 17 heavy (non-hydrogen) atoms. The average molecular weight is 367 g/mol. The minimum atomic E-state index is -0.624. The zero-order valence-electron chi connectivity index (χ0n) is 12.3. The fourth-order valence-electron chi connectivity index (χ4n) is 1.77. The molecule has 0 aliphatic carbocycles. The van der Waals surface area contributed by atoms with Gasteiger partial charge in [0.15, 0.2) is 0 Å². The van der Waals surface area contributed by atoms with Gasteiger partial charge in [-0.25, -0.2) is 0 Å². The first-order valence-corrected chi connectivity index (χ1v) is 10.1. The van der Waals surface area contributed by atoms with Gasteiger partial charge in [0, 0.05) is 0 Å². The lowest BCUT2D eigenvalue weighted by atomic mass is 9.78. The molecular formula is C14H28IOSi. The highest BCUT2D eigenvalue weighted by Crippen LogP contribution is 2.33. The van der Waals surface area contributed by atoms with Gasteiger partial charge in [-0.05, 0) is 59.5 Å². The van der Waals surface area contributed by atoms with Crippen LogP contribution in [0.3, 0.4) is 0 Å². The summed E-state index contributed by atoms with van der Waals surface area (Å²) >= 11 is 2.34. The van der Waals surface area contributed by atoms with E-state index in [2.05, 4.69) is 69.5 Å². The third-order valence-electron chi connectivity index (χ3n) is 2.86. The van der Waals surface area contributed by atoms with Crippen LogP contribution < -0.4 is 0 Å². The molecule has 0 heterocycles. The van der Waals surface area contributed by atoms with Gasteiger partial charge >= 0.3 is 0 Å². The molecule has 0 N–H and O–H groups in total. The average Bonchev–Trinajstić information content (AvgIpc) is 2.13. The topological polar surface area (TPSA) is 9.23 Å². The van der Waals surface area contributed by atoms with Crippen molar-refractivity contribution < 1.29 is 4.43 Å². The molecule has 3 heteroatoms. The van der Waals surface area contributed by atoms with E-state index < -0.39 is 9.04 Å². The monoisotopic (exact) mass is 367 g/mol. The van der Waals surface area contributed by atoms with E-state index in [-0.39, 0.29) is 0 Å². The molecule has 1 radical (unpaired) electrons. The van der Waals surface area contributed by atoms with Crippen LogP contribution in [-0.2, 0) is 4.43 Å². The van der Waals surface area contributed by atoms with E-state index in [4.69, 9.17) is 4.43 Å². The largest absolute Gasteiger partial charge is 0.539 e. The summed E-state index contributed by atoms with van der Waals surface area (Å²) in [7, 11) is -0.624. The van der Waals surface area contributed by atoms with Gasteiger partial charge in [-0.15, -0.1) is 0 Å². The molecule has 0 amide bonds. The minimum Gasteiger partial charge on any atom is -0.539 e. The van der Waals surface area contributed by atoms with E-state index in [0.717, 1.165) is 3.77 Å². The number of hydrogen-bond acceptors (Lipinski definition) is 1. The Balaban J connectivity index is 4.48. The fraction of sp³-hybridized carbons (Fsp3) is 0.857. The van der Waals surface area contributed by atoms with Crippen molar-refractivity contribution >= 4 is 31.6 Å². The number of rotatable bonds is 7. The zero-order valence-corrected chi connectivity index (χ0v) is 15.4. The molecule has 0 bridgehead atoms. The Morgan fingerprint density at radius 2 is 1.88 bits per heavy atom. The third-order valence-corrected chi connectivity index (χ3v) is 4.49. The molecule has 0 aromatic rings. The van der Waals surface area contributed by atoms with Crippen LogP contribution in [0.2, 0.25) is 13.1 Å². The van der Waals surface area contributed by atoms with E-state index in [0.29, 0.717) is 11.3 Å². The molecule has 0 fully saturated rings. The quantitative estimate of drug-likeness (QED) is 0.240. The molecule has 0 spiro atoms. The first-order valence-electron chi connectivity index (χ1n) is 6.62. The van der Waals surface area contributed by atoms with Crippen molar-refractivity contribution in [2.75, 3.05) is 0 Å². The summed E-state index contributed by atoms with van der Waals surface area (Å²) in [4.78, 5) is 0. The van der Waals surface area contributed by atoms with Gasteiger partial charge in [-0.1, -0.05) is 47.0 Å². The molecule has 0 rings (SSSR count). The lowest BCUT2D eigenvalue weighted by Gasteiger charge is -2.28. The predicted octanol–water partition coefficient (Wildman–Crippen LogP) is 5.77. The van der Waals surface area contributed by atoms with Crippen LogP contribution in [0, 0.1) is 11.3 Å². The molecule has 0 aliphatic heterocycles. The Hall–Kier alpha value is 0.487.